The SMILES string of the molecule is O=C(Cc1cccs1)N1CCCC(c2nnc(-c3ccsc3)o2)C1. The van der Waals surface area contributed by atoms with Gasteiger partial charge in [-0.2, -0.15) is 11.3 Å². The van der Waals surface area contributed by atoms with Crippen molar-refractivity contribution in [3.05, 3.63) is 45.1 Å². The van der Waals surface area contributed by atoms with E-state index in [1.807, 2.05) is 39.2 Å². The molecule has 1 amide bonds. The van der Waals surface area contributed by atoms with Crippen molar-refractivity contribution in [2.45, 2.75) is 25.2 Å². The summed E-state index contributed by atoms with van der Waals surface area (Å²) in [6.45, 7) is 1.47. The highest BCUT2D eigenvalue weighted by molar-refractivity contribution is 7.10. The monoisotopic (exact) mass is 359 g/mol. The summed E-state index contributed by atoms with van der Waals surface area (Å²) < 4.78 is 5.85. The van der Waals surface area contributed by atoms with Gasteiger partial charge in [-0.05, 0) is 35.7 Å². The first-order valence-corrected chi connectivity index (χ1v) is 9.78. The predicted octanol–water partition coefficient (Wildman–Crippen LogP) is 3.81. The molecule has 3 aromatic heterocycles. The van der Waals surface area contributed by atoms with Crippen molar-refractivity contribution in [3.8, 4) is 11.5 Å². The zero-order chi connectivity index (χ0) is 16.4. The zero-order valence-corrected chi connectivity index (χ0v) is 14.7. The molecule has 124 valence electrons. The first kappa shape index (κ1) is 15.5. The lowest BCUT2D eigenvalue weighted by molar-refractivity contribution is -0.131. The van der Waals surface area contributed by atoms with E-state index < -0.39 is 0 Å². The number of nitrogens with zero attached hydrogens (tertiary/aromatic N) is 3. The number of hydrogen-bond acceptors (Lipinski definition) is 6. The maximum absolute atomic E-state index is 12.5. The third-order valence-corrected chi connectivity index (χ3v) is 5.80. The van der Waals surface area contributed by atoms with Gasteiger partial charge in [0.2, 0.25) is 17.7 Å². The van der Waals surface area contributed by atoms with Gasteiger partial charge in [-0.3, -0.25) is 4.79 Å². The van der Waals surface area contributed by atoms with Crippen molar-refractivity contribution in [3.63, 3.8) is 0 Å². The van der Waals surface area contributed by atoms with Crippen molar-refractivity contribution in [1.82, 2.24) is 15.1 Å². The summed E-state index contributed by atoms with van der Waals surface area (Å²) in [6, 6.07) is 5.96. The summed E-state index contributed by atoms with van der Waals surface area (Å²) in [7, 11) is 0. The molecule has 4 rings (SSSR count). The van der Waals surface area contributed by atoms with E-state index >= 15 is 0 Å². The van der Waals surface area contributed by atoms with Crippen LogP contribution in [0.15, 0.2) is 38.8 Å². The molecule has 1 aliphatic heterocycles. The van der Waals surface area contributed by atoms with Gasteiger partial charge in [-0.1, -0.05) is 6.07 Å². The van der Waals surface area contributed by atoms with Crippen LogP contribution in [-0.2, 0) is 11.2 Å². The largest absolute Gasteiger partial charge is 0.420 e. The fourth-order valence-corrected chi connectivity index (χ4v) is 4.31. The molecule has 0 N–H and O–H groups in total. The molecule has 1 unspecified atom stereocenters. The molecule has 0 saturated carbocycles. The van der Waals surface area contributed by atoms with Crippen LogP contribution in [0, 0.1) is 0 Å². The minimum absolute atomic E-state index is 0.130. The smallest absolute Gasteiger partial charge is 0.248 e. The number of carbonyl (C=O) groups excluding carboxylic acids is 1. The Morgan fingerprint density at radius 1 is 1.33 bits per heavy atom. The lowest BCUT2D eigenvalue weighted by Crippen LogP contribution is -2.39. The zero-order valence-electron chi connectivity index (χ0n) is 13.1. The Morgan fingerprint density at radius 3 is 3.08 bits per heavy atom. The Bertz CT molecular complexity index is 796. The standard InChI is InChI=1S/C17H17N3O2S2/c21-15(9-14-4-2-7-24-14)20-6-1-3-12(10-20)16-18-19-17(22-16)13-5-8-23-11-13/h2,4-5,7-8,11-12H,1,3,6,9-10H2. The number of likely N-dealkylation sites (tertiary alicyclic amines) is 1. The fourth-order valence-electron chi connectivity index (χ4n) is 2.98. The van der Waals surface area contributed by atoms with E-state index in [4.69, 9.17) is 4.42 Å². The van der Waals surface area contributed by atoms with E-state index in [2.05, 4.69) is 10.2 Å². The van der Waals surface area contributed by atoms with E-state index in [9.17, 15) is 4.79 Å². The molecule has 0 radical (unpaired) electrons. The van der Waals surface area contributed by atoms with E-state index in [0.29, 0.717) is 24.7 Å². The maximum Gasteiger partial charge on any atom is 0.248 e. The first-order chi connectivity index (χ1) is 11.8. The fraction of sp³-hybridized carbons (Fsp3) is 0.353. The molecule has 1 fully saturated rings. The van der Waals surface area contributed by atoms with Crippen LogP contribution in [0.5, 0.6) is 0 Å². The van der Waals surface area contributed by atoms with Crippen LogP contribution in [0.4, 0.5) is 0 Å². The van der Waals surface area contributed by atoms with E-state index in [1.165, 1.54) is 0 Å². The normalized spacial score (nSPS) is 18.0. The number of rotatable bonds is 4. The van der Waals surface area contributed by atoms with Crippen molar-refractivity contribution in [2.75, 3.05) is 13.1 Å². The molecule has 1 saturated heterocycles. The highest BCUT2D eigenvalue weighted by atomic mass is 32.1. The van der Waals surface area contributed by atoms with E-state index in [0.717, 1.165) is 29.8 Å². The average molecular weight is 359 g/mol. The van der Waals surface area contributed by atoms with Crippen molar-refractivity contribution in [2.24, 2.45) is 0 Å². The number of thiophene rings is 2. The van der Waals surface area contributed by atoms with Crippen LogP contribution < -0.4 is 0 Å². The van der Waals surface area contributed by atoms with Crippen LogP contribution in [-0.4, -0.2) is 34.1 Å². The second-order valence-electron chi connectivity index (χ2n) is 5.89. The molecule has 5 nitrogen and oxygen atoms in total. The maximum atomic E-state index is 12.5. The Labute approximate surface area is 147 Å². The molecular weight excluding hydrogens is 342 g/mol. The average Bonchev–Trinajstić information content (AvgIpc) is 3.36. The Kier molecular flexibility index (Phi) is 4.44. The topological polar surface area (TPSA) is 59.2 Å². The molecule has 0 aliphatic carbocycles. The van der Waals surface area contributed by atoms with Gasteiger partial charge >= 0.3 is 0 Å². The lowest BCUT2D eigenvalue weighted by atomic mass is 9.97. The summed E-state index contributed by atoms with van der Waals surface area (Å²) in [5, 5.41) is 14.4. The predicted molar refractivity (Wildman–Crippen MR) is 94.2 cm³/mol. The highest BCUT2D eigenvalue weighted by Crippen LogP contribution is 2.29. The van der Waals surface area contributed by atoms with E-state index in [1.54, 1.807) is 22.7 Å². The second kappa shape index (κ2) is 6.86. The molecule has 7 heteroatoms. The molecule has 1 atom stereocenters. The van der Waals surface area contributed by atoms with Crippen LogP contribution in [0.3, 0.4) is 0 Å². The molecule has 24 heavy (non-hydrogen) atoms. The van der Waals surface area contributed by atoms with Gasteiger partial charge in [-0.15, -0.1) is 21.5 Å². The van der Waals surface area contributed by atoms with Crippen LogP contribution in [0.2, 0.25) is 0 Å². The van der Waals surface area contributed by atoms with Crippen LogP contribution in [0.1, 0.15) is 29.5 Å². The summed E-state index contributed by atoms with van der Waals surface area (Å²) >= 11 is 3.23. The van der Waals surface area contributed by atoms with Crippen LogP contribution >= 0.6 is 22.7 Å². The molecule has 0 bridgehead atoms. The van der Waals surface area contributed by atoms with E-state index in [-0.39, 0.29) is 11.8 Å². The number of hydrogen-bond donors (Lipinski definition) is 0. The molecule has 4 heterocycles. The lowest BCUT2D eigenvalue weighted by Gasteiger charge is -2.31. The van der Waals surface area contributed by atoms with Gasteiger partial charge in [0.05, 0.1) is 12.3 Å². The first-order valence-electron chi connectivity index (χ1n) is 7.96. The third kappa shape index (κ3) is 3.27. The van der Waals surface area contributed by atoms with Crippen molar-refractivity contribution < 1.29 is 9.21 Å². The summed E-state index contributed by atoms with van der Waals surface area (Å²) in [5.74, 6) is 1.52. The Balaban J connectivity index is 1.44. The van der Waals surface area contributed by atoms with Crippen molar-refractivity contribution in [1.29, 1.82) is 0 Å². The molecule has 3 aromatic rings. The van der Waals surface area contributed by atoms with Crippen molar-refractivity contribution >= 4 is 28.6 Å². The van der Waals surface area contributed by atoms with Gasteiger partial charge in [0.1, 0.15) is 0 Å². The minimum Gasteiger partial charge on any atom is -0.420 e. The van der Waals surface area contributed by atoms with Gasteiger partial charge in [0.15, 0.2) is 0 Å². The summed E-state index contributed by atoms with van der Waals surface area (Å²) in [5.41, 5.74) is 0.959. The summed E-state index contributed by atoms with van der Waals surface area (Å²) in [6.07, 6.45) is 2.43. The number of amides is 1. The Hall–Kier alpha value is -1.99. The second-order valence-corrected chi connectivity index (χ2v) is 7.70. The highest BCUT2D eigenvalue weighted by Gasteiger charge is 2.28. The molecule has 0 aromatic carbocycles. The molecular formula is C17H17N3O2S2. The quantitative estimate of drug-likeness (QED) is 0.711. The molecule has 0 spiro atoms. The van der Waals surface area contributed by atoms with Gasteiger partial charge in [0.25, 0.3) is 0 Å². The summed E-state index contributed by atoms with van der Waals surface area (Å²) in [4.78, 5) is 15.5. The molecule has 1 aliphatic rings. The van der Waals surface area contributed by atoms with Gasteiger partial charge in [0, 0.05) is 28.9 Å². The van der Waals surface area contributed by atoms with Gasteiger partial charge in [-0.25, -0.2) is 0 Å². The minimum atomic E-state index is 0.130. The number of carbonyl (C=O) groups is 1. The number of piperidine rings is 1. The number of aromatic nitrogens is 2. The Morgan fingerprint density at radius 2 is 2.29 bits per heavy atom. The third-order valence-electron chi connectivity index (χ3n) is 4.24. The van der Waals surface area contributed by atoms with Gasteiger partial charge < -0.3 is 9.32 Å². The van der Waals surface area contributed by atoms with Crippen LogP contribution in [0.25, 0.3) is 11.5 Å².